The van der Waals surface area contributed by atoms with Crippen LogP contribution in [0, 0.1) is 0 Å². The average molecular weight is 907 g/mol. The maximum Gasteiger partial charge on any atom is 0.397 e. The van der Waals surface area contributed by atoms with E-state index in [9.17, 15) is 28.5 Å². The summed E-state index contributed by atoms with van der Waals surface area (Å²) in [6.45, 7) is 3.73. The zero-order valence-electron chi connectivity index (χ0n) is 38.3. The Morgan fingerprint density at radius 2 is 1.10 bits per heavy atom. The van der Waals surface area contributed by atoms with Crippen LogP contribution in [0.2, 0.25) is 0 Å². The molecule has 0 aromatic rings. The van der Waals surface area contributed by atoms with Crippen molar-refractivity contribution < 1.29 is 56.2 Å². The van der Waals surface area contributed by atoms with Gasteiger partial charge in [0.25, 0.3) is 0 Å². The third kappa shape index (κ3) is 34.1. The maximum absolute atomic E-state index is 12.8. The SMILES string of the molecule is CC/C=C\C/C=C\C/C=C\C/C=C\C/C=C\C/C=C\C/C=C\CCCCCC(=O)OC(COCCCCCCCC/C=C\CCC)COC1OC(CO)C(O)C(OS(=O)(=O)O)C1O. The molecule has 1 aliphatic rings. The zero-order chi connectivity index (χ0) is 46.1. The van der Waals surface area contributed by atoms with Gasteiger partial charge in [0.2, 0.25) is 0 Å². The number of aliphatic hydroxyl groups is 3. The van der Waals surface area contributed by atoms with Crippen molar-refractivity contribution in [1.29, 1.82) is 0 Å². The number of rotatable bonds is 39. The molecule has 0 radical (unpaired) electrons. The number of unbranched alkanes of at least 4 members (excludes halogenated alkanes) is 10. The summed E-state index contributed by atoms with van der Waals surface area (Å²) in [7, 11) is -5.07. The second-order valence-corrected chi connectivity index (χ2v) is 16.7. The summed E-state index contributed by atoms with van der Waals surface area (Å²) in [5, 5.41) is 30.6. The molecule has 0 spiro atoms. The summed E-state index contributed by atoms with van der Waals surface area (Å²) in [6, 6.07) is 0. The van der Waals surface area contributed by atoms with Crippen molar-refractivity contribution in [2.75, 3.05) is 26.4 Å². The molecule has 1 heterocycles. The lowest BCUT2D eigenvalue weighted by Gasteiger charge is -2.41. The summed E-state index contributed by atoms with van der Waals surface area (Å²) in [6.07, 6.45) is 45.9. The van der Waals surface area contributed by atoms with Crippen LogP contribution in [0.3, 0.4) is 0 Å². The lowest BCUT2D eigenvalue weighted by molar-refractivity contribution is -0.301. The van der Waals surface area contributed by atoms with E-state index in [1.54, 1.807) is 0 Å². The standard InChI is InChI=1S/C50H82O12S/c1-3-5-7-9-11-13-15-16-17-18-19-20-21-22-23-24-25-26-27-28-29-31-33-35-37-39-46(52)60-44(42-58-40-38-36-34-32-30-14-12-10-8-6-4-2)43-59-50-48(54)49(62-63(55,56)57)47(53)45(41-51)61-50/h5,7-8,10-11,13,16-17,19-20,22-23,25-26,28-29,44-45,47-51,53-54H,3-4,6,9,12,14-15,18,21,24,27,30-43H2,1-2H3,(H,55,56,57)/b7-5-,10-8-,13-11-,17-16-,20-19-,23-22-,26-25-,29-28-. The largest absolute Gasteiger partial charge is 0.457 e. The first-order valence-corrected chi connectivity index (χ1v) is 24.9. The van der Waals surface area contributed by atoms with Crippen molar-refractivity contribution in [2.45, 2.75) is 185 Å². The van der Waals surface area contributed by atoms with Crippen LogP contribution in [0.5, 0.6) is 0 Å². The molecule has 4 N–H and O–H groups in total. The van der Waals surface area contributed by atoms with Crippen molar-refractivity contribution in [1.82, 2.24) is 0 Å². The monoisotopic (exact) mass is 907 g/mol. The maximum atomic E-state index is 12.8. The van der Waals surface area contributed by atoms with Crippen LogP contribution in [0.4, 0.5) is 0 Å². The minimum Gasteiger partial charge on any atom is -0.457 e. The fourth-order valence-electron chi connectivity index (χ4n) is 6.42. The molecule has 0 amide bonds. The van der Waals surface area contributed by atoms with Crippen LogP contribution in [0.15, 0.2) is 97.2 Å². The van der Waals surface area contributed by atoms with E-state index in [1.165, 1.54) is 19.3 Å². The quantitative estimate of drug-likeness (QED) is 0.0199. The number of esters is 1. The van der Waals surface area contributed by atoms with E-state index in [4.69, 9.17) is 23.5 Å². The van der Waals surface area contributed by atoms with Gasteiger partial charge in [0.05, 0.1) is 19.8 Å². The first-order valence-electron chi connectivity index (χ1n) is 23.5. The normalized spacial score (nSPS) is 20.8. The van der Waals surface area contributed by atoms with Gasteiger partial charge in [0, 0.05) is 13.0 Å². The van der Waals surface area contributed by atoms with Crippen LogP contribution in [-0.4, -0.2) is 97.5 Å². The summed E-state index contributed by atoms with van der Waals surface area (Å²) in [4.78, 5) is 12.8. The van der Waals surface area contributed by atoms with Crippen molar-refractivity contribution in [3.63, 3.8) is 0 Å². The lowest BCUT2D eigenvalue weighted by Crippen LogP contribution is -2.60. The molecule has 13 heteroatoms. The number of ether oxygens (including phenoxy) is 4. The van der Waals surface area contributed by atoms with Crippen LogP contribution in [-0.2, 0) is 38.3 Å². The Morgan fingerprint density at radius 1 is 0.619 bits per heavy atom. The minimum atomic E-state index is -5.07. The van der Waals surface area contributed by atoms with E-state index < -0.39 is 59.8 Å². The van der Waals surface area contributed by atoms with E-state index >= 15 is 0 Å². The molecule has 0 aromatic carbocycles. The Bertz CT molecular complexity index is 1460. The van der Waals surface area contributed by atoms with Gasteiger partial charge < -0.3 is 34.3 Å². The van der Waals surface area contributed by atoms with Crippen molar-refractivity contribution in [3.05, 3.63) is 97.2 Å². The van der Waals surface area contributed by atoms with E-state index in [1.807, 2.05) is 0 Å². The first-order chi connectivity index (χ1) is 30.6. The Hall–Kier alpha value is -2.98. The zero-order valence-corrected chi connectivity index (χ0v) is 39.2. The molecule has 6 atom stereocenters. The number of aliphatic hydroxyl groups excluding tert-OH is 3. The Morgan fingerprint density at radius 3 is 1.62 bits per heavy atom. The average Bonchev–Trinajstić information content (AvgIpc) is 3.26. The number of hydrogen-bond acceptors (Lipinski definition) is 11. The molecule has 1 aliphatic heterocycles. The van der Waals surface area contributed by atoms with Gasteiger partial charge in [0.15, 0.2) is 6.29 Å². The third-order valence-corrected chi connectivity index (χ3v) is 10.4. The molecule has 360 valence electrons. The van der Waals surface area contributed by atoms with E-state index in [-0.39, 0.29) is 19.6 Å². The highest BCUT2D eigenvalue weighted by molar-refractivity contribution is 7.80. The van der Waals surface area contributed by atoms with Gasteiger partial charge >= 0.3 is 16.4 Å². The number of carbonyl (C=O) groups is 1. The van der Waals surface area contributed by atoms with Gasteiger partial charge in [-0.25, -0.2) is 4.18 Å². The highest BCUT2D eigenvalue weighted by atomic mass is 32.3. The van der Waals surface area contributed by atoms with E-state index in [0.29, 0.717) is 13.0 Å². The third-order valence-electron chi connectivity index (χ3n) is 9.92. The molecule has 63 heavy (non-hydrogen) atoms. The van der Waals surface area contributed by atoms with E-state index in [0.717, 1.165) is 103 Å². The van der Waals surface area contributed by atoms with Gasteiger partial charge in [-0.1, -0.05) is 150 Å². The Kier molecular flexibility index (Phi) is 37.3. The van der Waals surface area contributed by atoms with E-state index in [2.05, 4.69) is 115 Å². The minimum absolute atomic E-state index is 0.0111. The second-order valence-electron chi connectivity index (χ2n) is 15.6. The molecule has 12 nitrogen and oxygen atoms in total. The molecule has 1 rings (SSSR count). The molecular formula is C50H82O12S. The summed E-state index contributed by atoms with van der Waals surface area (Å²) < 4.78 is 59.0. The molecule has 1 saturated heterocycles. The molecule has 0 bridgehead atoms. The summed E-state index contributed by atoms with van der Waals surface area (Å²) >= 11 is 0. The highest BCUT2D eigenvalue weighted by Crippen LogP contribution is 2.26. The summed E-state index contributed by atoms with van der Waals surface area (Å²) in [5.74, 6) is -0.439. The second kappa shape index (κ2) is 40.5. The fourth-order valence-corrected chi connectivity index (χ4v) is 6.93. The van der Waals surface area contributed by atoms with Crippen LogP contribution < -0.4 is 0 Å². The molecular weight excluding hydrogens is 825 g/mol. The van der Waals surface area contributed by atoms with Crippen LogP contribution >= 0.6 is 0 Å². The molecule has 0 saturated carbocycles. The summed E-state index contributed by atoms with van der Waals surface area (Å²) in [5.41, 5.74) is 0. The molecule has 6 unspecified atom stereocenters. The Balaban J connectivity index is 2.41. The molecule has 1 fully saturated rings. The van der Waals surface area contributed by atoms with Gasteiger partial charge in [0.1, 0.15) is 30.5 Å². The molecule has 0 aliphatic carbocycles. The first kappa shape index (κ1) is 58.0. The van der Waals surface area contributed by atoms with Crippen LogP contribution in [0.25, 0.3) is 0 Å². The fraction of sp³-hybridized carbons (Fsp3) is 0.660. The molecule has 0 aromatic heterocycles. The smallest absolute Gasteiger partial charge is 0.397 e. The van der Waals surface area contributed by atoms with Crippen molar-refractivity contribution in [2.24, 2.45) is 0 Å². The van der Waals surface area contributed by atoms with Gasteiger partial charge in [-0.3, -0.25) is 9.35 Å². The van der Waals surface area contributed by atoms with Crippen molar-refractivity contribution >= 4 is 16.4 Å². The number of carbonyl (C=O) groups excluding carboxylic acids is 1. The van der Waals surface area contributed by atoms with Gasteiger partial charge in [-0.05, 0) is 89.9 Å². The number of hydrogen-bond donors (Lipinski definition) is 4. The lowest BCUT2D eigenvalue weighted by atomic mass is 9.99. The highest BCUT2D eigenvalue weighted by Gasteiger charge is 2.48. The predicted octanol–water partition coefficient (Wildman–Crippen LogP) is 10.2. The topological polar surface area (TPSA) is 178 Å². The van der Waals surface area contributed by atoms with Crippen LogP contribution in [0.1, 0.15) is 149 Å². The predicted molar refractivity (Wildman–Crippen MR) is 252 cm³/mol. The van der Waals surface area contributed by atoms with Gasteiger partial charge in [-0.2, -0.15) is 8.42 Å². The Labute approximate surface area is 380 Å². The number of allylic oxidation sites excluding steroid dienone is 16. The van der Waals surface area contributed by atoms with Crippen molar-refractivity contribution in [3.8, 4) is 0 Å². The van der Waals surface area contributed by atoms with Gasteiger partial charge in [-0.15, -0.1) is 0 Å².